The molecule has 6 nitrogen and oxygen atoms in total. The van der Waals surface area contributed by atoms with E-state index < -0.39 is 5.91 Å². The van der Waals surface area contributed by atoms with Crippen molar-refractivity contribution in [1.82, 2.24) is 9.55 Å². The van der Waals surface area contributed by atoms with Gasteiger partial charge in [-0.3, -0.25) is 19.5 Å². The Bertz CT molecular complexity index is 1220. The Morgan fingerprint density at radius 3 is 2.63 bits per heavy atom. The third-order valence-electron chi connectivity index (χ3n) is 4.90. The van der Waals surface area contributed by atoms with Gasteiger partial charge in [-0.05, 0) is 57.2 Å². The fraction of sp³-hybridized carbons (Fsp3) is 0.273. The highest BCUT2D eigenvalue weighted by Gasteiger charge is 2.30. The van der Waals surface area contributed by atoms with E-state index in [0.29, 0.717) is 33.5 Å². The SMILES string of the molecule is CCn1cc(C(=O)N(C2=N[C@@H](C)CS2)c2ccc(Cl)cc2)c(=O)c2ccc(C)nc21. The Hall–Kier alpha value is -2.64. The lowest BCUT2D eigenvalue weighted by Crippen LogP contribution is -2.38. The van der Waals surface area contributed by atoms with E-state index >= 15 is 0 Å². The number of fused-ring (bicyclic) bond motifs is 1. The van der Waals surface area contributed by atoms with Crippen LogP contribution in [0.2, 0.25) is 5.02 Å². The molecule has 0 saturated carbocycles. The average Bonchev–Trinajstić information content (AvgIpc) is 3.15. The smallest absolute Gasteiger partial charge is 0.269 e. The largest absolute Gasteiger partial charge is 0.332 e. The zero-order chi connectivity index (χ0) is 21.4. The van der Waals surface area contributed by atoms with Gasteiger partial charge in [0, 0.05) is 29.2 Å². The molecule has 8 heteroatoms. The molecule has 0 radical (unpaired) electrons. The van der Waals surface area contributed by atoms with Crippen molar-refractivity contribution in [2.24, 2.45) is 4.99 Å². The summed E-state index contributed by atoms with van der Waals surface area (Å²) in [6, 6.07) is 10.6. The van der Waals surface area contributed by atoms with E-state index in [1.54, 1.807) is 42.6 Å². The van der Waals surface area contributed by atoms with Gasteiger partial charge in [-0.2, -0.15) is 0 Å². The molecule has 2 aromatic heterocycles. The molecule has 0 aliphatic carbocycles. The summed E-state index contributed by atoms with van der Waals surface area (Å²) in [5.74, 6) is 0.375. The Kier molecular flexibility index (Phi) is 5.66. The topological polar surface area (TPSA) is 67.6 Å². The number of aromatic nitrogens is 2. The molecule has 4 rings (SSSR count). The summed E-state index contributed by atoms with van der Waals surface area (Å²) < 4.78 is 1.84. The maximum Gasteiger partial charge on any atom is 0.269 e. The first-order valence-corrected chi connectivity index (χ1v) is 11.1. The molecule has 1 amide bonds. The van der Waals surface area contributed by atoms with Crippen molar-refractivity contribution in [2.75, 3.05) is 10.7 Å². The van der Waals surface area contributed by atoms with Crippen LogP contribution in [0.25, 0.3) is 11.0 Å². The molecule has 0 saturated heterocycles. The second kappa shape index (κ2) is 8.24. The minimum Gasteiger partial charge on any atom is -0.332 e. The maximum atomic E-state index is 13.7. The standard InChI is InChI=1S/C22H21ClN4O2S/c1-4-26-11-18(19(28)17-10-5-13(2)24-20(17)26)21(29)27(22-25-14(3)12-30-22)16-8-6-15(23)7-9-16/h5-11,14H,4,12H2,1-3H3/t14-/m0/s1. The van der Waals surface area contributed by atoms with Crippen LogP contribution in [0.1, 0.15) is 29.9 Å². The number of amides is 1. The summed E-state index contributed by atoms with van der Waals surface area (Å²) in [5, 5.41) is 1.58. The first-order valence-electron chi connectivity index (χ1n) is 9.70. The maximum absolute atomic E-state index is 13.7. The van der Waals surface area contributed by atoms with Crippen LogP contribution in [0.3, 0.4) is 0 Å². The molecule has 0 N–H and O–H groups in total. The van der Waals surface area contributed by atoms with Crippen molar-refractivity contribution >= 4 is 51.2 Å². The van der Waals surface area contributed by atoms with Crippen molar-refractivity contribution in [3.63, 3.8) is 0 Å². The normalized spacial score (nSPS) is 16.0. The molecule has 1 aromatic carbocycles. The van der Waals surface area contributed by atoms with E-state index in [-0.39, 0.29) is 17.0 Å². The molecular weight excluding hydrogens is 420 g/mol. The number of halogens is 1. The van der Waals surface area contributed by atoms with Crippen LogP contribution < -0.4 is 10.3 Å². The lowest BCUT2D eigenvalue weighted by molar-refractivity contribution is 0.100. The van der Waals surface area contributed by atoms with Crippen LogP contribution in [0.5, 0.6) is 0 Å². The fourth-order valence-electron chi connectivity index (χ4n) is 3.36. The molecule has 1 aliphatic heterocycles. The molecule has 3 heterocycles. The molecule has 0 bridgehead atoms. The number of pyridine rings is 2. The number of aryl methyl sites for hydroxylation is 2. The van der Waals surface area contributed by atoms with E-state index in [2.05, 4.69) is 9.98 Å². The molecule has 0 fully saturated rings. The van der Waals surface area contributed by atoms with Gasteiger partial charge in [-0.25, -0.2) is 4.98 Å². The number of nitrogens with zero attached hydrogens (tertiary/aromatic N) is 4. The van der Waals surface area contributed by atoms with Crippen LogP contribution in [0.15, 0.2) is 52.4 Å². The highest BCUT2D eigenvalue weighted by atomic mass is 35.5. The zero-order valence-electron chi connectivity index (χ0n) is 16.9. The molecule has 0 spiro atoms. The Morgan fingerprint density at radius 1 is 1.27 bits per heavy atom. The van der Waals surface area contributed by atoms with E-state index in [9.17, 15) is 9.59 Å². The summed E-state index contributed by atoms with van der Waals surface area (Å²) in [6.45, 7) is 6.42. The number of carbonyl (C=O) groups is 1. The van der Waals surface area contributed by atoms with Crippen LogP contribution in [-0.2, 0) is 6.54 Å². The molecule has 1 atom stereocenters. The number of aliphatic imine (C=N–C) groups is 1. The molecular formula is C22H21ClN4O2S. The summed E-state index contributed by atoms with van der Waals surface area (Å²) in [5.41, 5.74) is 1.78. The number of hydrogen-bond acceptors (Lipinski definition) is 5. The summed E-state index contributed by atoms with van der Waals surface area (Å²) in [6.07, 6.45) is 1.60. The molecule has 1 aliphatic rings. The van der Waals surface area contributed by atoms with Gasteiger partial charge >= 0.3 is 0 Å². The lowest BCUT2D eigenvalue weighted by Gasteiger charge is -2.22. The van der Waals surface area contributed by atoms with E-state index in [4.69, 9.17) is 11.6 Å². The van der Waals surface area contributed by atoms with Gasteiger partial charge < -0.3 is 4.57 Å². The Balaban J connectivity index is 1.90. The molecule has 0 unspecified atom stereocenters. The van der Waals surface area contributed by atoms with Crippen molar-refractivity contribution in [2.45, 2.75) is 33.4 Å². The van der Waals surface area contributed by atoms with Gasteiger partial charge in [0.2, 0.25) is 5.43 Å². The minimum atomic E-state index is -0.410. The molecule has 3 aromatic rings. The van der Waals surface area contributed by atoms with Gasteiger partial charge in [-0.15, -0.1) is 0 Å². The van der Waals surface area contributed by atoms with Crippen molar-refractivity contribution < 1.29 is 4.79 Å². The van der Waals surface area contributed by atoms with Crippen LogP contribution >= 0.6 is 23.4 Å². The van der Waals surface area contributed by atoms with Crippen molar-refractivity contribution in [3.8, 4) is 0 Å². The zero-order valence-corrected chi connectivity index (χ0v) is 18.5. The highest BCUT2D eigenvalue weighted by Crippen LogP contribution is 2.28. The highest BCUT2D eigenvalue weighted by molar-refractivity contribution is 8.14. The van der Waals surface area contributed by atoms with Gasteiger partial charge in [0.25, 0.3) is 5.91 Å². The van der Waals surface area contributed by atoms with Crippen LogP contribution in [-0.4, -0.2) is 32.4 Å². The van der Waals surface area contributed by atoms with Gasteiger partial charge in [0.15, 0.2) is 5.17 Å². The Labute approximate surface area is 183 Å². The number of rotatable bonds is 3. The predicted molar refractivity (Wildman–Crippen MR) is 124 cm³/mol. The second-order valence-corrected chi connectivity index (χ2v) is 8.59. The van der Waals surface area contributed by atoms with Crippen molar-refractivity contribution in [3.05, 3.63) is 69.1 Å². The summed E-state index contributed by atoms with van der Waals surface area (Å²) in [7, 11) is 0. The van der Waals surface area contributed by atoms with Gasteiger partial charge in [0.1, 0.15) is 11.2 Å². The third kappa shape index (κ3) is 3.75. The van der Waals surface area contributed by atoms with E-state index in [0.717, 1.165) is 11.4 Å². The summed E-state index contributed by atoms with van der Waals surface area (Å²) in [4.78, 5) is 37.6. The monoisotopic (exact) mass is 440 g/mol. The predicted octanol–water partition coefficient (Wildman–Crippen LogP) is 4.52. The molecule has 154 valence electrons. The fourth-order valence-corrected chi connectivity index (χ4v) is 4.52. The number of benzene rings is 1. The first-order chi connectivity index (χ1) is 14.4. The van der Waals surface area contributed by atoms with Crippen molar-refractivity contribution in [1.29, 1.82) is 0 Å². The number of anilines is 1. The summed E-state index contributed by atoms with van der Waals surface area (Å²) >= 11 is 7.54. The third-order valence-corrected chi connectivity index (χ3v) is 6.34. The quantitative estimate of drug-likeness (QED) is 0.600. The second-order valence-electron chi connectivity index (χ2n) is 7.17. The minimum absolute atomic E-state index is 0.0906. The van der Waals surface area contributed by atoms with Crippen LogP contribution in [0.4, 0.5) is 5.69 Å². The number of amidine groups is 1. The van der Waals surface area contributed by atoms with Crippen LogP contribution in [0, 0.1) is 6.92 Å². The van der Waals surface area contributed by atoms with Gasteiger partial charge in [-0.1, -0.05) is 23.4 Å². The van der Waals surface area contributed by atoms with Gasteiger partial charge in [0.05, 0.1) is 17.1 Å². The first kappa shape index (κ1) is 20.6. The van der Waals surface area contributed by atoms with E-state index in [1.807, 2.05) is 25.3 Å². The molecule has 30 heavy (non-hydrogen) atoms. The average molecular weight is 441 g/mol. The number of thioether (sulfide) groups is 1. The van der Waals surface area contributed by atoms with E-state index in [1.165, 1.54) is 16.7 Å². The lowest BCUT2D eigenvalue weighted by atomic mass is 10.1. The Morgan fingerprint density at radius 2 is 2.00 bits per heavy atom. The number of hydrogen-bond donors (Lipinski definition) is 0. The number of carbonyl (C=O) groups excluding carboxylic acids is 1.